The van der Waals surface area contributed by atoms with Gasteiger partial charge in [0, 0.05) is 29.6 Å². The maximum atomic E-state index is 17.1. The van der Waals surface area contributed by atoms with Crippen LogP contribution in [-0.4, -0.2) is 57.9 Å². The predicted octanol–water partition coefficient (Wildman–Crippen LogP) is 2.41. The number of fused-ring (bicyclic) bond motifs is 5. The number of ketones is 2. The second-order valence-electron chi connectivity index (χ2n) is 10.4. The van der Waals surface area contributed by atoms with Gasteiger partial charge in [0.05, 0.1) is 6.10 Å². The fraction of sp³-hybridized carbons (Fsp3) is 0.708. The molecule has 0 amide bonds. The maximum Gasteiger partial charge on any atom is 0.303 e. The minimum Gasteiger partial charge on any atom is -0.450 e. The number of aliphatic hydroxyl groups excluding tert-OH is 2. The summed E-state index contributed by atoms with van der Waals surface area (Å²) in [5.74, 6) is -3.99. The average Bonchev–Trinajstić information content (AvgIpc) is 2.92. The number of allylic oxidation sites excluding steroid dienone is 4. The Hall–Kier alpha value is -1.93. The number of carbonyl (C=O) groups excluding carboxylic acids is 3. The van der Waals surface area contributed by atoms with Gasteiger partial charge in [0.1, 0.15) is 12.8 Å². The third-order valence-corrected chi connectivity index (χ3v) is 9.03. The van der Waals surface area contributed by atoms with Crippen molar-refractivity contribution in [3.63, 3.8) is 0 Å². The van der Waals surface area contributed by atoms with E-state index in [4.69, 9.17) is 4.74 Å². The summed E-state index contributed by atoms with van der Waals surface area (Å²) in [6.45, 7) is 5.16. The summed E-state index contributed by atoms with van der Waals surface area (Å²) >= 11 is 0. The Morgan fingerprint density at radius 2 is 1.91 bits per heavy atom. The molecule has 0 aliphatic heterocycles. The van der Waals surface area contributed by atoms with Crippen molar-refractivity contribution in [1.82, 2.24) is 0 Å². The number of ether oxygens (including phenoxy) is 1. The molecule has 2 N–H and O–H groups in total. The highest BCUT2D eigenvalue weighted by atomic mass is 19.1. The predicted molar refractivity (Wildman–Crippen MR) is 110 cm³/mol. The highest BCUT2D eigenvalue weighted by Gasteiger charge is 2.77. The van der Waals surface area contributed by atoms with E-state index in [0.29, 0.717) is 0 Å². The lowest BCUT2D eigenvalue weighted by molar-refractivity contribution is -0.231. The van der Waals surface area contributed by atoms with Gasteiger partial charge in [0.15, 0.2) is 17.1 Å². The van der Waals surface area contributed by atoms with Crippen LogP contribution in [0.5, 0.6) is 0 Å². The topological polar surface area (TPSA) is 101 Å². The lowest BCUT2D eigenvalue weighted by Crippen LogP contribution is -2.71. The van der Waals surface area contributed by atoms with Crippen molar-refractivity contribution < 1.29 is 38.1 Å². The Bertz CT molecular complexity index is 945. The summed E-state index contributed by atoms with van der Waals surface area (Å²) in [6, 6.07) is 0. The summed E-state index contributed by atoms with van der Waals surface area (Å²) in [5.41, 5.74) is -6.74. The molecular formula is C24H30F2O6. The van der Waals surface area contributed by atoms with E-state index in [-0.39, 0.29) is 24.8 Å². The number of hydrogen-bond donors (Lipinski definition) is 2. The molecule has 4 rings (SSSR count). The number of Topliss-reactive ketones (excluding diaryl/α,β-unsaturated/α-hetero) is 1. The molecule has 0 spiro atoms. The van der Waals surface area contributed by atoms with Crippen LogP contribution < -0.4 is 0 Å². The molecule has 0 heterocycles. The molecular weight excluding hydrogens is 422 g/mol. The van der Waals surface area contributed by atoms with Crippen LogP contribution in [0.4, 0.5) is 8.78 Å². The van der Waals surface area contributed by atoms with Crippen molar-refractivity contribution >= 4 is 17.5 Å². The molecule has 176 valence electrons. The Labute approximate surface area is 185 Å². The van der Waals surface area contributed by atoms with Gasteiger partial charge in [-0.1, -0.05) is 19.9 Å². The van der Waals surface area contributed by atoms with Crippen molar-refractivity contribution in [2.75, 3.05) is 6.61 Å². The fourth-order valence-corrected chi connectivity index (χ4v) is 7.74. The first-order valence-electron chi connectivity index (χ1n) is 11.1. The Morgan fingerprint density at radius 1 is 1.25 bits per heavy atom. The van der Waals surface area contributed by atoms with Gasteiger partial charge >= 0.3 is 5.97 Å². The van der Waals surface area contributed by atoms with Crippen LogP contribution in [0.2, 0.25) is 0 Å². The van der Waals surface area contributed by atoms with E-state index in [1.807, 2.05) is 0 Å². The zero-order chi connectivity index (χ0) is 23.9. The summed E-state index contributed by atoms with van der Waals surface area (Å²) in [4.78, 5) is 37.0. The average molecular weight is 452 g/mol. The molecule has 0 unspecified atom stereocenters. The molecule has 8 heteroatoms. The van der Waals surface area contributed by atoms with Gasteiger partial charge in [-0.3, -0.25) is 14.4 Å². The van der Waals surface area contributed by atoms with E-state index < -0.39 is 76.3 Å². The van der Waals surface area contributed by atoms with Crippen molar-refractivity contribution in [3.05, 3.63) is 23.8 Å². The van der Waals surface area contributed by atoms with Gasteiger partial charge in [-0.15, -0.1) is 0 Å². The van der Waals surface area contributed by atoms with Crippen LogP contribution in [0.15, 0.2) is 23.8 Å². The van der Waals surface area contributed by atoms with Gasteiger partial charge < -0.3 is 14.9 Å². The van der Waals surface area contributed by atoms with Crippen LogP contribution in [-0.2, 0) is 19.1 Å². The molecule has 0 bridgehead atoms. The smallest absolute Gasteiger partial charge is 0.303 e. The second-order valence-corrected chi connectivity index (χ2v) is 10.4. The number of carbonyl (C=O) groups is 3. The van der Waals surface area contributed by atoms with Crippen LogP contribution in [0.25, 0.3) is 0 Å². The van der Waals surface area contributed by atoms with Crippen molar-refractivity contribution in [2.45, 2.75) is 70.5 Å². The third kappa shape index (κ3) is 2.54. The Morgan fingerprint density at radius 3 is 2.50 bits per heavy atom. The molecule has 3 saturated carbocycles. The van der Waals surface area contributed by atoms with Gasteiger partial charge in [-0.25, -0.2) is 8.78 Å². The van der Waals surface area contributed by atoms with Crippen molar-refractivity contribution in [1.29, 1.82) is 0 Å². The Balaban J connectivity index is 1.89. The quantitative estimate of drug-likeness (QED) is 0.638. The molecule has 0 aromatic rings. The van der Waals surface area contributed by atoms with E-state index >= 15 is 8.78 Å². The molecule has 32 heavy (non-hydrogen) atoms. The summed E-state index contributed by atoms with van der Waals surface area (Å²) in [6.07, 6.45) is 0.273. The molecule has 0 aromatic carbocycles. The number of rotatable bonds is 3. The first kappa shape index (κ1) is 23.2. The van der Waals surface area contributed by atoms with E-state index in [1.54, 1.807) is 13.8 Å². The van der Waals surface area contributed by atoms with Crippen molar-refractivity contribution in [2.24, 2.45) is 28.6 Å². The number of esters is 1. The summed E-state index contributed by atoms with van der Waals surface area (Å²) in [5, 5.41) is 21.0. The summed E-state index contributed by atoms with van der Waals surface area (Å²) < 4.78 is 38.1. The van der Waals surface area contributed by atoms with Gasteiger partial charge in [-0.05, 0) is 49.8 Å². The van der Waals surface area contributed by atoms with Gasteiger partial charge in [0.25, 0.3) is 0 Å². The third-order valence-electron chi connectivity index (χ3n) is 9.03. The number of halogens is 2. The van der Waals surface area contributed by atoms with E-state index in [2.05, 4.69) is 0 Å². The lowest BCUT2D eigenvalue weighted by Gasteiger charge is -2.63. The molecule has 0 saturated heterocycles. The zero-order valence-electron chi connectivity index (χ0n) is 18.7. The molecule has 4 aliphatic carbocycles. The first-order valence-corrected chi connectivity index (χ1v) is 11.1. The number of alkyl halides is 2. The highest BCUT2D eigenvalue weighted by molar-refractivity contribution is 6.01. The number of aliphatic hydroxyl groups is 2. The monoisotopic (exact) mass is 452 g/mol. The lowest BCUT2D eigenvalue weighted by atomic mass is 9.44. The largest absolute Gasteiger partial charge is 0.450 e. The molecule has 6 nitrogen and oxygen atoms in total. The van der Waals surface area contributed by atoms with Crippen LogP contribution >= 0.6 is 0 Å². The maximum absolute atomic E-state index is 17.1. The number of hydrogen-bond acceptors (Lipinski definition) is 6. The minimum absolute atomic E-state index is 0.0233. The standard InChI is InChI=1S/C24H30F2O6/c1-12-7-15-16-9-18(25)17-8-14(29)5-6-21(17,3)23(16,26)19(30)10-22(15,4)24(12,20(31)11-27)32-13(2)28/h5-6,8,12,15-16,18-19,27,30H,7,9-11H2,1-4H3/t12-,15-,16-,18-,19-,21-,22-,23-,24+/m0/s1. The SMILES string of the molecule is CC(=O)O[C@@]1(C(=O)CO)[C@@H](C)C[C@H]2[C@@H]3C[C@H](F)C4=CC(=O)C=C[C@]4(C)[C@@]3(F)[C@@H](O)C[C@@]21C. The second kappa shape index (κ2) is 7.03. The van der Waals surface area contributed by atoms with Crippen LogP contribution in [0, 0.1) is 28.6 Å². The molecule has 0 radical (unpaired) electrons. The zero-order valence-corrected chi connectivity index (χ0v) is 18.7. The van der Waals surface area contributed by atoms with Crippen LogP contribution in [0.1, 0.15) is 47.0 Å². The normalized spacial score (nSPS) is 49.6. The van der Waals surface area contributed by atoms with Gasteiger partial charge in [-0.2, -0.15) is 0 Å². The molecule has 0 aromatic heterocycles. The molecule has 4 aliphatic rings. The first-order chi connectivity index (χ1) is 14.8. The van der Waals surface area contributed by atoms with Gasteiger partial charge in [0.2, 0.25) is 5.78 Å². The van der Waals surface area contributed by atoms with E-state index in [1.165, 1.54) is 19.1 Å². The minimum atomic E-state index is -2.28. The highest BCUT2D eigenvalue weighted by Crippen LogP contribution is 2.71. The van der Waals surface area contributed by atoms with E-state index in [9.17, 15) is 24.6 Å². The fourth-order valence-electron chi connectivity index (χ4n) is 7.74. The van der Waals surface area contributed by atoms with E-state index in [0.717, 1.165) is 13.0 Å². The molecule has 3 fully saturated rings. The molecule has 9 atom stereocenters. The van der Waals surface area contributed by atoms with Crippen molar-refractivity contribution in [3.8, 4) is 0 Å². The summed E-state index contributed by atoms with van der Waals surface area (Å²) in [7, 11) is 0. The van der Waals surface area contributed by atoms with Crippen LogP contribution in [0.3, 0.4) is 0 Å². The Kier molecular flexibility index (Phi) is 5.11.